The zero-order valence-corrected chi connectivity index (χ0v) is 24.2. The van der Waals surface area contributed by atoms with Gasteiger partial charge in [0.05, 0.1) is 12.2 Å². The van der Waals surface area contributed by atoms with Gasteiger partial charge in [0.15, 0.2) is 0 Å². The minimum atomic E-state index is -0.734. The van der Waals surface area contributed by atoms with Crippen molar-refractivity contribution in [3.63, 3.8) is 0 Å². The second kappa shape index (κ2) is 11.2. The van der Waals surface area contributed by atoms with Crippen molar-refractivity contribution < 1.29 is 14.3 Å². The van der Waals surface area contributed by atoms with Gasteiger partial charge in [-0.25, -0.2) is 24.3 Å². The topological polar surface area (TPSA) is 141 Å². The Kier molecular flexibility index (Phi) is 7.03. The number of hydrogen-bond acceptors (Lipinski definition) is 8. The molecule has 0 bridgehead atoms. The highest BCUT2D eigenvalue weighted by Gasteiger charge is 2.35. The third-order valence-corrected chi connectivity index (χ3v) is 8.21. The quantitative estimate of drug-likeness (QED) is 0.328. The lowest BCUT2D eigenvalue weighted by Crippen LogP contribution is -2.42. The Morgan fingerprint density at radius 2 is 1.80 bits per heavy atom. The molecule has 1 aliphatic heterocycles. The Hall–Kier alpha value is -5.13. The van der Waals surface area contributed by atoms with Gasteiger partial charge in [0.2, 0.25) is 11.8 Å². The monoisotopic (exact) mass is 593 g/mol. The molecular formula is C32H31N7O5. The number of ether oxygens (including phenoxy) is 1. The van der Waals surface area contributed by atoms with E-state index in [0.29, 0.717) is 49.3 Å². The predicted octanol–water partition coefficient (Wildman–Crippen LogP) is 3.24. The zero-order chi connectivity index (χ0) is 30.4. The van der Waals surface area contributed by atoms with Crippen molar-refractivity contribution in [3.8, 4) is 17.4 Å². The van der Waals surface area contributed by atoms with Crippen molar-refractivity contribution in [2.45, 2.75) is 52.1 Å². The van der Waals surface area contributed by atoms with Crippen LogP contribution in [0.2, 0.25) is 0 Å². The number of rotatable bonds is 8. The summed E-state index contributed by atoms with van der Waals surface area (Å²) in [5.41, 5.74) is 1.58. The summed E-state index contributed by atoms with van der Waals surface area (Å²) in [5, 5.41) is 2.77. The van der Waals surface area contributed by atoms with Gasteiger partial charge in [-0.2, -0.15) is 0 Å². The fourth-order valence-electron chi connectivity index (χ4n) is 5.37. The first-order chi connectivity index (χ1) is 21.3. The summed E-state index contributed by atoms with van der Waals surface area (Å²) < 4.78 is 8.46. The number of fused-ring (bicyclic) bond motifs is 1. The largest absolute Gasteiger partial charge is 0.439 e. The van der Waals surface area contributed by atoms with E-state index in [1.165, 1.54) is 17.1 Å². The van der Waals surface area contributed by atoms with Gasteiger partial charge in [-0.1, -0.05) is 6.07 Å². The average molecular weight is 594 g/mol. The first kappa shape index (κ1) is 27.7. The van der Waals surface area contributed by atoms with Crippen LogP contribution in [0, 0.1) is 18.8 Å². The molecule has 2 aliphatic carbocycles. The Bertz CT molecular complexity index is 1870. The number of anilines is 1. The molecule has 0 unspecified atom stereocenters. The Morgan fingerprint density at radius 3 is 2.50 bits per heavy atom. The number of benzene rings is 1. The standard InChI is InChI=1S/C32H31N7O5/c1-19-2-11-27(33-14-19)39-31(42)25(16-38(32(39)43)15-20-3-4-20)28(40)36-22-7-9-23(10-8-22)44-29-24-12-13-37(30(41)21-5-6-21)17-26(24)34-18-35-29/h2,7-11,14,16,18,20-21H,3-6,12-13,15,17H2,1H3,(H,36,40). The molecule has 12 heteroatoms. The molecule has 2 saturated carbocycles. The van der Waals surface area contributed by atoms with Crippen molar-refractivity contribution >= 4 is 17.5 Å². The van der Waals surface area contributed by atoms with Gasteiger partial charge in [0.25, 0.3) is 11.5 Å². The summed E-state index contributed by atoms with van der Waals surface area (Å²) >= 11 is 0. The van der Waals surface area contributed by atoms with Crippen LogP contribution < -0.4 is 21.3 Å². The molecular weight excluding hydrogens is 562 g/mol. The number of nitrogens with zero attached hydrogens (tertiary/aromatic N) is 6. The molecule has 0 spiro atoms. The molecule has 2 fully saturated rings. The van der Waals surface area contributed by atoms with Gasteiger partial charge >= 0.3 is 5.69 Å². The maximum atomic E-state index is 13.4. The molecule has 1 aromatic carbocycles. The number of pyridine rings is 1. The summed E-state index contributed by atoms with van der Waals surface area (Å²) in [5.74, 6) is 1.18. The summed E-state index contributed by atoms with van der Waals surface area (Å²) in [6, 6.07) is 10.1. The van der Waals surface area contributed by atoms with E-state index in [2.05, 4.69) is 20.3 Å². The van der Waals surface area contributed by atoms with E-state index in [0.717, 1.165) is 47.1 Å². The SMILES string of the molecule is Cc1ccc(-n2c(=O)c(C(=O)Nc3ccc(Oc4ncnc5c4CCN(C(=O)C4CC4)C5)cc3)cn(CC3CC3)c2=O)nc1. The van der Waals surface area contributed by atoms with Crippen molar-refractivity contribution in [1.82, 2.24) is 29.0 Å². The van der Waals surface area contributed by atoms with Gasteiger partial charge in [-0.05, 0) is 80.8 Å². The first-order valence-electron chi connectivity index (χ1n) is 14.8. The van der Waals surface area contributed by atoms with Crippen LogP contribution in [0.25, 0.3) is 5.82 Å². The van der Waals surface area contributed by atoms with Crippen LogP contribution in [-0.4, -0.2) is 47.3 Å². The molecule has 44 heavy (non-hydrogen) atoms. The molecule has 224 valence electrons. The van der Waals surface area contributed by atoms with E-state index in [1.54, 1.807) is 42.6 Å². The second-order valence-electron chi connectivity index (χ2n) is 11.7. The minimum Gasteiger partial charge on any atom is -0.439 e. The van der Waals surface area contributed by atoms with E-state index < -0.39 is 17.2 Å². The van der Waals surface area contributed by atoms with Crippen LogP contribution in [0.4, 0.5) is 5.69 Å². The van der Waals surface area contributed by atoms with Crippen molar-refractivity contribution in [2.24, 2.45) is 11.8 Å². The number of nitrogens with one attached hydrogen (secondary N) is 1. The number of hydrogen-bond donors (Lipinski definition) is 1. The van der Waals surface area contributed by atoms with Crippen LogP contribution in [0.5, 0.6) is 11.6 Å². The molecule has 3 aromatic heterocycles. The Labute approximate surface area is 252 Å². The third kappa shape index (κ3) is 5.62. The van der Waals surface area contributed by atoms with E-state index in [9.17, 15) is 19.2 Å². The van der Waals surface area contributed by atoms with Crippen LogP contribution in [0.1, 0.15) is 52.9 Å². The normalized spacial score (nSPS) is 15.9. The maximum Gasteiger partial charge on any atom is 0.336 e. The fourth-order valence-corrected chi connectivity index (χ4v) is 5.37. The van der Waals surface area contributed by atoms with E-state index in [1.807, 2.05) is 11.8 Å². The van der Waals surface area contributed by atoms with Crippen LogP contribution in [0.15, 0.2) is 64.7 Å². The molecule has 0 saturated heterocycles. The molecule has 4 aromatic rings. The van der Waals surface area contributed by atoms with E-state index in [-0.39, 0.29) is 23.2 Å². The minimum absolute atomic E-state index is 0.158. The molecule has 0 atom stereocenters. The van der Waals surface area contributed by atoms with E-state index >= 15 is 0 Å². The van der Waals surface area contributed by atoms with Crippen LogP contribution in [-0.2, 0) is 24.3 Å². The lowest BCUT2D eigenvalue weighted by Gasteiger charge is -2.28. The van der Waals surface area contributed by atoms with Gasteiger partial charge < -0.3 is 15.0 Å². The van der Waals surface area contributed by atoms with Crippen LogP contribution in [0.3, 0.4) is 0 Å². The fraction of sp³-hybridized carbons (Fsp3) is 0.344. The molecule has 2 amide bonds. The number of carbonyl (C=O) groups is 2. The predicted molar refractivity (Wildman–Crippen MR) is 160 cm³/mol. The van der Waals surface area contributed by atoms with Gasteiger partial charge in [0, 0.05) is 42.7 Å². The zero-order valence-electron chi connectivity index (χ0n) is 24.2. The molecule has 4 heterocycles. The summed E-state index contributed by atoms with van der Waals surface area (Å²) in [4.78, 5) is 67.4. The number of aryl methyl sites for hydroxylation is 1. The van der Waals surface area contributed by atoms with Crippen molar-refractivity contribution in [1.29, 1.82) is 0 Å². The van der Waals surface area contributed by atoms with E-state index in [4.69, 9.17) is 4.74 Å². The summed E-state index contributed by atoms with van der Waals surface area (Å²) in [6.07, 6.45) is 8.90. The van der Waals surface area contributed by atoms with Gasteiger partial charge in [0.1, 0.15) is 23.5 Å². The smallest absolute Gasteiger partial charge is 0.336 e. The Balaban J connectivity index is 1.09. The van der Waals surface area contributed by atoms with Gasteiger partial charge in [-0.15, -0.1) is 0 Å². The first-order valence-corrected chi connectivity index (χ1v) is 14.8. The third-order valence-electron chi connectivity index (χ3n) is 8.21. The number of amides is 2. The molecule has 3 aliphatic rings. The highest BCUT2D eigenvalue weighted by molar-refractivity contribution is 6.03. The molecule has 7 rings (SSSR count). The summed E-state index contributed by atoms with van der Waals surface area (Å²) in [7, 11) is 0. The molecule has 0 radical (unpaired) electrons. The number of aromatic nitrogens is 5. The van der Waals surface area contributed by atoms with Gasteiger partial charge in [-0.3, -0.25) is 19.0 Å². The number of carbonyl (C=O) groups excluding carboxylic acids is 2. The van der Waals surface area contributed by atoms with Crippen molar-refractivity contribution in [2.75, 3.05) is 11.9 Å². The highest BCUT2D eigenvalue weighted by atomic mass is 16.5. The highest BCUT2D eigenvalue weighted by Crippen LogP contribution is 2.34. The Morgan fingerprint density at radius 1 is 1.00 bits per heavy atom. The second-order valence-corrected chi connectivity index (χ2v) is 11.7. The average Bonchev–Trinajstić information content (AvgIpc) is 3.96. The van der Waals surface area contributed by atoms with Crippen molar-refractivity contribution in [3.05, 3.63) is 98.3 Å². The molecule has 1 N–H and O–H groups in total. The molecule has 12 nitrogen and oxygen atoms in total. The lowest BCUT2D eigenvalue weighted by atomic mass is 10.1. The van der Waals surface area contributed by atoms with Crippen LogP contribution >= 0.6 is 0 Å². The lowest BCUT2D eigenvalue weighted by molar-refractivity contribution is -0.133. The maximum absolute atomic E-state index is 13.4. The summed E-state index contributed by atoms with van der Waals surface area (Å²) in [6.45, 7) is 3.34.